The third kappa shape index (κ3) is 6.19. The first-order valence-electron chi connectivity index (χ1n) is 9.53. The molecule has 0 aliphatic heterocycles. The summed E-state index contributed by atoms with van der Waals surface area (Å²) in [5, 5.41) is 18.8. The second kappa shape index (κ2) is 11.3. The molecule has 7 heteroatoms. The summed E-state index contributed by atoms with van der Waals surface area (Å²) in [5.74, 6) is -2.51. The summed E-state index contributed by atoms with van der Waals surface area (Å²) < 4.78 is 24.0. The van der Waals surface area contributed by atoms with Crippen molar-refractivity contribution < 1.29 is 28.2 Å². The quantitative estimate of drug-likeness (QED) is 0.293. The van der Waals surface area contributed by atoms with Gasteiger partial charge in [0.1, 0.15) is 9.49 Å². The van der Waals surface area contributed by atoms with Gasteiger partial charge in [-0.1, -0.05) is 64.5 Å². The van der Waals surface area contributed by atoms with Crippen LogP contribution in [0.1, 0.15) is 78.1 Å². The molecule has 0 aromatic carbocycles. The Kier molecular flexibility index (Phi) is 10.6. The lowest BCUT2D eigenvalue weighted by Crippen LogP contribution is -2.52. The highest BCUT2D eigenvalue weighted by molar-refractivity contribution is 7.94. The zero-order valence-corrected chi connectivity index (χ0v) is 17.4. The SMILES string of the molecule is C=CC(CCCCC)(CC(=O)O)S(=O)(=O)C(C=C)(CCCCC)CC(=O)O. The topological polar surface area (TPSA) is 109 Å². The minimum Gasteiger partial charge on any atom is -0.481 e. The number of rotatable bonds is 16. The van der Waals surface area contributed by atoms with Crippen LogP contribution in [0.25, 0.3) is 0 Å². The average Bonchev–Trinajstić information content (AvgIpc) is 2.59. The summed E-state index contributed by atoms with van der Waals surface area (Å²) in [7, 11) is -4.24. The molecular formula is C20H34O6S. The fraction of sp³-hybridized carbons (Fsp3) is 0.700. The number of carboxylic acids is 2. The minimum absolute atomic E-state index is 0.0992. The van der Waals surface area contributed by atoms with Gasteiger partial charge in [0.2, 0.25) is 0 Å². The maximum atomic E-state index is 13.7. The van der Waals surface area contributed by atoms with Crippen LogP contribution in [0.15, 0.2) is 25.3 Å². The van der Waals surface area contributed by atoms with Crippen LogP contribution in [0, 0.1) is 0 Å². The van der Waals surface area contributed by atoms with E-state index in [0.29, 0.717) is 12.8 Å². The van der Waals surface area contributed by atoms with Crippen LogP contribution >= 0.6 is 0 Å². The number of carboxylic acid groups (broad SMARTS) is 2. The molecule has 2 atom stereocenters. The van der Waals surface area contributed by atoms with Crippen LogP contribution in [-0.2, 0) is 19.4 Å². The number of hydrogen-bond donors (Lipinski definition) is 2. The summed E-state index contributed by atoms with van der Waals surface area (Å²) in [6.45, 7) is 11.2. The normalized spacial score (nSPS) is 16.1. The van der Waals surface area contributed by atoms with Gasteiger partial charge in [-0.05, 0) is 12.8 Å². The molecular weight excluding hydrogens is 368 g/mol. The third-order valence-electron chi connectivity index (χ3n) is 5.12. The molecule has 0 saturated heterocycles. The lowest BCUT2D eigenvalue weighted by molar-refractivity contribution is -0.138. The summed E-state index contributed by atoms with van der Waals surface area (Å²) in [5.41, 5.74) is 0. The minimum atomic E-state index is -4.24. The van der Waals surface area contributed by atoms with Gasteiger partial charge in [0.15, 0.2) is 9.84 Å². The monoisotopic (exact) mass is 402 g/mol. The lowest BCUT2D eigenvalue weighted by atomic mass is 9.95. The maximum absolute atomic E-state index is 13.7. The van der Waals surface area contributed by atoms with Crippen LogP contribution in [-0.4, -0.2) is 40.1 Å². The zero-order valence-electron chi connectivity index (χ0n) is 16.6. The molecule has 0 rings (SSSR count). The fourth-order valence-corrected chi connectivity index (χ4v) is 6.17. The van der Waals surface area contributed by atoms with Crippen molar-refractivity contribution in [3.05, 3.63) is 25.3 Å². The van der Waals surface area contributed by atoms with Crippen LogP contribution in [0.2, 0.25) is 0 Å². The second-order valence-corrected chi connectivity index (χ2v) is 9.73. The van der Waals surface area contributed by atoms with Crippen LogP contribution < -0.4 is 0 Å². The van der Waals surface area contributed by atoms with E-state index >= 15 is 0 Å². The van der Waals surface area contributed by atoms with Crippen molar-refractivity contribution in [2.45, 2.75) is 87.5 Å². The maximum Gasteiger partial charge on any atom is 0.305 e. The number of unbranched alkanes of at least 4 members (excludes halogenated alkanes) is 4. The first kappa shape index (κ1) is 25.4. The van der Waals surface area contributed by atoms with Crippen molar-refractivity contribution in [1.82, 2.24) is 0 Å². The molecule has 0 amide bonds. The zero-order chi connectivity index (χ0) is 21.1. The highest BCUT2D eigenvalue weighted by atomic mass is 32.2. The molecule has 0 radical (unpaired) electrons. The second-order valence-electron chi connectivity index (χ2n) is 7.10. The molecule has 0 bridgehead atoms. The van der Waals surface area contributed by atoms with Crippen molar-refractivity contribution in [3.63, 3.8) is 0 Å². The van der Waals surface area contributed by atoms with Crippen molar-refractivity contribution in [2.24, 2.45) is 0 Å². The van der Waals surface area contributed by atoms with Gasteiger partial charge in [0, 0.05) is 0 Å². The molecule has 0 aliphatic rings. The van der Waals surface area contributed by atoms with Gasteiger partial charge in [-0.3, -0.25) is 9.59 Å². The molecule has 156 valence electrons. The predicted molar refractivity (Wildman–Crippen MR) is 108 cm³/mol. The van der Waals surface area contributed by atoms with Crippen molar-refractivity contribution >= 4 is 21.8 Å². The Balaban J connectivity index is 6.35. The Labute approximate surface area is 163 Å². The third-order valence-corrected chi connectivity index (χ3v) is 8.29. The largest absolute Gasteiger partial charge is 0.481 e. The Morgan fingerprint density at radius 2 is 1.15 bits per heavy atom. The van der Waals surface area contributed by atoms with Gasteiger partial charge in [0.25, 0.3) is 0 Å². The predicted octanol–water partition coefficient (Wildman–Crippen LogP) is 4.36. The van der Waals surface area contributed by atoms with E-state index < -0.39 is 44.1 Å². The summed E-state index contributed by atoms with van der Waals surface area (Å²) in [6, 6.07) is 0. The van der Waals surface area contributed by atoms with Crippen LogP contribution in [0.3, 0.4) is 0 Å². The van der Waals surface area contributed by atoms with Gasteiger partial charge in [0.05, 0.1) is 12.8 Å². The molecule has 0 fully saturated rings. The van der Waals surface area contributed by atoms with E-state index in [2.05, 4.69) is 13.2 Å². The summed E-state index contributed by atoms with van der Waals surface area (Å²) in [4.78, 5) is 23.0. The summed E-state index contributed by atoms with van der Waals surface area (Å²) in [6.07, 6.45) is 5.53. The Bertz CT molecular complexity index is 576. The van der Waals surface area contributed by atoms with Gasteiger partial charge in [-0.25, -0.2) is 8.42 Å². The first-order valence-corrected chi connectivity index (χ1v) is 11.0. The number of carbonyl (C=O) groups is 2. The average molecular weight is 403 g/mol. The molecule has 2 unspecified atom stereocenters. The van der Waals surface area contributed by atoms with Gasteiger partial charge in [-0.15, -0.1) is 13.2 Å². The van der Waals surface area contributed by atoms with Crippen LogP contribution in [0.4, 0.5) is 0 Å². The van der Waals surface area contributed by atoms with E-state index in [1.165, 1.54) is 12.2 Å². The number of aliphatic carboxylic acids is 2. The molecule has 0 spiro atoms. The van der Waals surface area contributed by atoms with Crippen LogP contribution in [0.5, 0.6) is 0 Å². The molecule has 0 aromatic rings. The number of sulfone groups is 1. The Morgan fingerprint density at radius 1 is 0.815 bits per heavy atom. The molecule has 0 heterocycles. The molecule has 0 aromatic heterocycles. The van der Waals surface area contributed by atoms with E-state index in [0.717, 1.165) is 25.7 Å². The van der Waals surface area contributed by atoms with E-state index in [9.17, 15) is 28.2 Å². The van der Waals surface area contributed by atoms with E-state index in [4.69, 9.17) is 0 Å². The first-order chi connectivity index (χ1) is 12.6. The van der Waals surface area contributed by atoms with Crippen molar-refractivity contribution in [2.75, 3.05) is 0 Å². The lowest BCUT2D eigenvalue weighted by Gasteiger charge is -2.39. The Morgan fingerprint density at radius 3 is 1.37 bits per heavy atom. The van der Waals surface area contributed by atoms with E-state index in [1.54, 1.807) is 0 Å². The highest BCUT2D eigenvalue weighted by Crippen LogP contribution is 2.43. The van der Waals surface area contributed by atoms with Gasteiger partial charge < -0.3 is 10.2 Å². The van der Waals surface area contributed by atoms with Crippen molar-refractivity contribution in [1.29, 1.82) is 0 Å². The molecule has 0 aliphatic carbocycles. The smallest absolute Gasteiger partial charge is 0.305 e. The van der Waals surface area contributed by atoms with Gasteiger partial charge in [-0.2, -0.15) is 0 Å². The molecule has 6 nitrogen and oxygen atoms in total. The Hall–Kier alpha value is -1.63. The molecule has 27 heavy (non-hydrogen) atoms. The van der Waals surface area contributed by atoms with E-state index in [-0.39, 0.29) is 12.8 Å². The molecule has 0 saturated carbocycles. The van der Waals surface area contributed by atoms with Crippen molar-refractivity contribution in [3.8, 4) is 0 Å². The summed E-state index contributed by atoms with van der Waals surface area (Å²) >= 11 is 0. The van der Waals surface area contributed by atoms with Gasteiger partial charge >= 0.3 is 11.9 Å². The fourth-order valence-electron chi connectivity index (χ4n) is 3.47. The number of hydrogen-bond acceptors (Lipinski definition) is 4. The molecule has 2 N–H and O–H groups in total. The van der Waals surface area contributed by atoms with E-state index in [1.807, 2.05) is 13.8 Å². The highest BCUT2D eigenvalue weighted by Gasteiger charge is 2.54. The standard InChI is InChI=1S/C20H34O6S/c1-5-9-11-13-19(7-3,15-17(21)22)27(25,26)20(8-4,16-18(23)24)14-12-10-6-2/h7-8H,3-6,9-16H2,1-2H3,(H,21,22)(H,23,24).